The Kier molecular flexibility index (Phi) is 3.72. The van der Waals surface area contributed by atoms with Gasteiger partial charge in [-0.3, -0.25) is 9.36 Å². The summed E-state index contributed by atoms with van der Waals surface area (Å²) < 4.78 is 3.54. The number of benzene rings is 2. The molecule has 0 spiro atoms. The summed E-state index contributed by atoms with van der Waals surface area (Å²) in [6.45, 7) is 0.511. The van der Waals surface area contributed by atoms with Gasteiger partial charge in [0.1, 0.15) is 0 Å². The fourth-order valence-corrected chi connectivity index (χ4v) is 2.87. The summed E-state index contributed by atoms with van der Waals surface area (Å²) in [6, 6.07) is 13.4. The minimum atomic E-state index is -0.0255. The zero-order chi connectivity index (χ0) is 14.1. The molecular weight excluding hydrogens is 384 g/mol. The van der Waals surface area contributed by atoms with Crippen LogP contribution in [0.1, 0.15) is 5.56 Å². The highest BCUT2D eigenvalue weighted by atomic mass is 79.9. The van der Waals surface area contributed by atoms with Crippen LogP contribution in [0.3, 0.4) is 0 Å². The second-order valence-electron chi connectivity index (χ2n) is 4.47. The topological polar surface area (TPSA) is 34.9 Å². The highest BCUT2D eigenvalue weighted by Gasteiger charge is 2.05. The van der Waals surface area contributed by atoms with E-state index < -0.39 is 0 Å². The Hall–Kier alpha value is -1.46. The maximum absolute atomic E-state index is 12.4. The molecule has 3 aromatic rings. The highest BCUT2D eigenvalue weighted by molar-refractivity contribution is 9.10. The Labute approximate surface area is 132 Å². The van der Waals surface area contributed by atoms with Crippen LogP contribution in [-0.4, -0.2) is 9.55 Å². The molecule has 0 saturated carbocycles. The Bertz CT molecular complexity index is 843. The summed E-state index contributed by atoms with van der Waals surface area (Å²) in [4.78, 5) is 16.8. The summed E-state index contributed by atoms with van der Waals surface area (Å²) in [6.07, 6.45) is 1.60. The van der Waals surface area contributed by atoms with Gasteiger partial charge in [0.05, 0.1) is 23.8 Å². The van der Waals surface area contributed by atoms with E-state index in [1.54, 1.807) is 17.0 Å². The first-order chi connectivity index (χ1) is 9.63. The maximum Gasteiger partial charge on any atom is 0.261 e. The number of hydrogen-bond donors (Lipinski definition) is 0. The van der Waals surface area contributed by atoms with Gasteiger partial charge in [-0.15, -0.1) is 0 Å². The van der Waals surface area contributed by atoms with Gasteiger partial charge in [0.25, 0.3) is 5.56 Å². The second kappa shape index (κ2) is 5.50. The van der Waals surface area contributed by atoms with Gasteiger partial charge in [-0.1, -0.05) is 44.0 Å². The highest BCUT2D eigenvalue weighted by Crippen LogP contribution is 2.16. The van der Waals surface area contributed by atoms with Crippen molar-refractivity contribution in [2.45, 2.75) is 6.54 Å². The molecule has 3 nitrogen and oxygen atoms in total. The van der Waals surface area contributed by atoms with Gasteiger partial charge >= 0.3 is 0 Å². The van der Waals surface area contributed by atoms with Crippen LogP contribution < -0.4 is 5.56 Å². The molecule has 1 heterocycles. The summed E-state index contributed by atoms with van der Waals surface area (Å²) in [5.74, 6) is 0. The Morgan fingerprint density at radius 2 is 1.85 bits per heavy atom. The van der Waals surface area contributed by atoms with Gasteiger partial charge in [-0.25, -0.2) is 4.98 Å². The first-order valence-electron chi connectivity index (χ1n) is 6.02. The molecule has 0 aliphatic rings. The Morgan fingerprint density at radius 1 is 1.05 bits per heavy atom. The number of nitrogens with zero attached hydrogens (tertiary/aromatic N) is 2. The van der Waals surface area contributed by atoms with Crippen molar-refractivity contribution in [1.29, 1.82) is 0 Å². The van der Waals surface area contributed by atoms with Crippen molar-refractivity contribution in [2.75, 3.05) is 0 Å². The van der Waals surface area contributed by atoms with Crippen LogP contribution in [0.2, 0.25) is 0 Å². The molecule has 0 aliphatic carbocycles. The minimum Gasteiger partial charge on any atom is -0.294 e. The lowest BCUT2D eigenvalue weighted by Crippen LogP contribution is -2.21. The number of aromatic nitrogens is 2. The molecule has 0 amide bonds. The third-order valence-electron chi connectivity index (χ3n) is 3.03. The molecule has 3 rings (SSSR count). The lowest BCUT2D eigenvalue weighted by Gasteiger charge is -2.07. The van der Waals surface area contributed by atoms with Crippen molar-refractivity contribution >= 4 is 42.8 Å². The SMILES string of the molecule is O=c1c2ccc(Br)cc2ncn1Cc1cccc(Br)c1. The smallest absolute Gasteiger partial charge is 0.261 e. The molecule has 1 aromatic heterocycles. The Morgan fingerprint density at radius 3 is 2.65 bits per heavy atom. The number of hydrogen-bond acceptors (Lipinski definition) is 2. The largest absolute Gasteiger partial charge is 0.294 e. The van der Waals surface area contributed by atoms with Gasteiger partial charge in [0.15, 0.2) is 0 Å². The molecule has 0 unspecified atom stereocenters. The molecule has 0 aliphatic heterocycles. The van der Waals surface area contributed by atoms with Crippen LogP contribution in [0, 0.1) is 0 Å². The van der Waals surface area contributed by atoms with E-state index in [2.05, 4.69) is 36.8 Å². The lowest BCUT2D eigenvalue weighted by atomic mass is 10.2. The Balaban J connectivity index is 2.07. The molecule has 0 saturated heterocycles. The molecule has 2 aromatic carbocycles. The fourth-order valence-electron chi connectivity index (χ4n) is 2.08. The van der Waals surface area contributed by atoms with Crippen LogP contribution >= 0.6 is 31.9 Å². The van der Waals surface area contributed by atoms with Crippen molar-refractivity contribution < 1.29 is 0 Å². The van der Waals surface area contributed by atoms with E-state index in [9.17, 15) is 4.79 Å². The van der Waals surface area contributed by atoms with E-state index in [0.29, 0.717) is 17.4 Å². The molecule has 0 N–H and O–H groups in total. The zero-order valence-electron chi connectivity index (χ0n) is 10.4. The predicted octanol–water partition coefficient (Wildman–Crippen LogP) is 3.97. The predicted molar refractivity (Wildman–Crippen MR) is 86.9 cm³/mol. The van der Waals surface area contributed by atoms with Gasteiger partial charge in [-0.2, -0.15) is 0 Å². The van der Waals surface area contributed by atoms with Crippen LogP contribution in [0.5, 0.6) is 0 Å². The van der Waals surface area contributed by atoms with Crippen LogP contribution in [0.25, 0.3) is 10.9 Å². The van der Waals surface area contributed by atoms with E-state index in [1.165, 1.54) is 0 Å². The third kappa shape index (κ3) is 2.69. The average Bonchev–Trinajstić information content (AvgIpc) is 2.42. The van der Waals surface area contributed by atoms with E-state index >= 15 is 0 Å². The number of fused-ring (bicyclic) bond motifs is 1. The first kappa shape index (κ1) is 13.5. The maximum atomic E-state index is 12.4. The monoisotopic (exact) mass is 392 g/mol. The summed E-state index contributed by atoms with van der Waals surface area (Å²) >= 11 is 6.82. The number of halogens is 2. The van der Waals surface area contributed by atoms with Crippen molar-refractivity contribution in [1.82, 2.24) is 9.55 Å². The lowest BCUT2D eigenvalue weighted by molar-refractivity contribution is 0.748. The van der Waals surface area contributed by atoms with Gasteiger partial charge < -0.3 is 0 Å². The van der Waals surface area contributed by atoms with Crippen LogP contribution in [0.4, 0.5) is 0 Å². The molecule has 20 heavy (non-hydrogen) atoms. The van der Waals surface area contributed by atoms with Gasteiger partial charge in [0.2, 0.25) is 0 Å². The van der Waals surface area contributed by atoms with Crippen molar-refractivity contribution in [2.24, 2.45) is 0 Å². The molecule has 0 radical (unpaired) electrons. The normalized spacial score (nSPS) is 10.9. The summed E-state index contributed by atoms with van der Waals surface area (Å²) in [5.41, 5.74) is 1.73. The second-order valence-corrected chi connectivity index (χ2v) is 6.30. The van der Waals surface area contributed by atoms with Crippen molar-refractivity contribution in [3.63, 3.8) is 0 Å². The number of rotatable bonds is 2. The zero-order valence-corrected chi connectivity index (χ0v) is 13.6. The molecule has 0 bridgehead atoms. The molecule has 0 fully saturated rings. The summed E-state index contributed by atoms with van der Waals surface area (Å²) in [7, 11) is 0. The first-order valence-corrected chi connectivity index (χ1v) is 7.61. The standard InChI is InChI=1S/C15H10Br2N2O/c16-11-3-1-2-10(6-11)8-19-9-18-14-7-12(17)4-5-13(14)15(19)20/h1-7,9H,8H2. The molecule has 5 heteroatoms. The van der Waals surface area contributed by atoms with Gasteiger partial charge in [-0.05, 0) is 35.9 Å². The fraction of sp³-hybridized carbons (Fsp3) is 0.0667. The van der Waals surface area contributed by atoms with Crippen LogP contribution in [0.15, 0.2) is 62.5 Å². The third-order valence-corrected chi connectivity index (χ3v) is 4.02. The van der Waals surface area contributed by atoms with Crippen molar-refractivity contribution in [3.8, 4) is 0 Å². The van der Waals surface area contributed by atoms with Crippen molar-refractivity contribution in [3.05, 3.63) is 73.7 Å². The molecule has 100 valence electrons. The quantitative estimate of drug-likeness (QED) is 0.660. The van der Waals surface area contributed by atoms with E-state index in [4.69, 9.17) is 0 Å². The molecule has 0 atom stereocenters. The average molecular weight is 394 g/mol. The van der Waals surface area contributed by atoms with E-state index in [1.807, 2.05) is 36.4 Å². The van der Waals surface area contributed by atoms with Crippen LogP contribution in [-0.2, 0) is 6.54 Å². The van der Waals surface area contributed by atoms with Gasteiger partial charge in [0, 0.05) is 8.95 Å². The summed E-state index contributed by atoms with van der Waals surface area (Å²) in [5, 5.41) is 0.630. The van der Waals surface area contributed by atoms with E-state index in [-0.39, 0.29) is 5.56 Å². The molecular formula is C15H10Br2N2O. The minimum absolute atomic E-state index is 0.0255. The van der Waals surface area contributed by atoms with E-state index in [0.717, 1.165) is 14.5 Å².